The zero-order valence-corrected chi connectivity index (χ0v) is 14.0. The van der Waals surface area contributed by atoms with Gasteiger partial charge in [-0.1, -0.05) is 24.4 Å². The van der Waals surface area contributed by atoms with Crippen molar-refractivity contribution >= 4 is 23.4 Å². The van der Waals surface area contributed by atoms with Crippen molar-refractivity contribution in [2.24, 2.45) is 0 Å². The van der Waals surface area contributed by atoms with Crippen molar-refractivity contribution in [3.63, 3.8) is 0 Å². The monoisotopic (exact) mass is 336 g/mol. The molecule has 0 atom stereocenters. The minimum Gasteiger partial charge on any atom is -0.484 e. The van der Waals surface area contributed by atoms with Crippen molar-refractivity contribution in [1.29, 1.82) is 0 Å². The largest absolute Gasteiger partial charge is 0.484 e. The summed E-state index contributed by atoms with van der Waals surface area (Å²) in [5.41, 5.74) is -0.205. The van der Waals surface area contributed by atoms with Gasteiger partial charge in [-0.3, -0.25) is 9.59 Å². The summed E-state index contributed by atoms with van der Waals surface area (Å²) in [6, 6.07) is 6.91. The second kappa shape index (κ2) is 6.40. The molecular weight excluding hydrogens is 316 g/mol. The van der Waals surface area contributed by atoms with E-state index in [-0.39, 0.29) is 30.5 Å². The van der Waals surface area contributed by atoms with Gasteiger partial charge in [0.25, 0.3) is 5.91 Å². The fourth-order valence-corrected chi connectivity index (χ4v) is 3.73. The highest BCUT2D eigenvalue weighted by molar-refractivity contribution is 6.30. The first-order valence-electron chi connectivity index (χ1n) is 7.93. The highest BCUT2D eigenvalue weighted by atomic mass is 35.5. The molecule has 1 aromatic rings. The molecule has 0 aromatic heterocycles. The first kappa shape index (κ1) is 16.1. The summed E-state index contributed by atoms with van der Waals surface area (Å²) in [6.07, 6.45) is 4.11. The van der Waals surface area contributed by atoms with Crippen LogP contribution in [-0.4, -0.2) is 53.9 Å². The number of rotatable bonds is 3. The lowest BCUT2D eigenvalue weighted by Gasteiger charge is -2.47. The number of carbonyl (C=O) groups is 2. The summed E-state index contributed by atoms with van der Waals surface area (Å²) in [5.74, 6) is 0.467. The van der Waals surface area contributed by atoms with Crippen LogP contribution in [0.25, 0.3) is 0 Å². The topological polar surface area (TPSA) is 49.9 Å². The summed E-state index contributed by atoms with van der Waals surface area (Å²) in [4.78, 5) is 28.2. The number of ether oxygens (including phenoxy) is 1. The van der Waals surface area contributed by atoms with E-state index >= 15 is 0 Å². The molecule has 0 unspecified atom stereocenters. The molecule has 1 heterocycles. The van der Waals surface area contributed by atoms with Gasteiger partial charge in [-0.25, -0.2) is 0 Å². The van der Waals surface area contributed by atoms with Crippen molar-refractivity contribution in [2.75, 3.05) is 26.7 Å². The molecule has 124 valence electrons. The Morgan fingerprint density at radius 1 is 1.26 bits per heavy atom. The van der Waals surface area contributed by atoms with Crippen LogP contribution in [0.5, 0.6) is 5.75 Å². The molecule has 2 aliphatic rings. The molecule has 1 saturated heterocycles. The van der Waals surface area contributed by atoms with Crippen LogP contribution in [0, 0.1) is 0 Å². The number of likely N-dealkylation sites (N-methyl/N-ethyl adjacent to an activating group) is 1. The predicted octanol–water partition coefficient (Wildman–Crippen LogP) is 2.33. The van der Waals surface area contributed by atoms with Crippen molar-refractivity contribution < 1.29 is 14.3 Å². The van der Waals surface area contributed by atoms with E-state index < -0.39 is 0 Å². The van der Waals surface area contributed by atoms with Gasteiger partial charge in [0.2, 0.25) is 5.91 Å². The van der Waals surface area contributed by atoms with Crippen molar-refractivity contribution in [2.45, 2.75) is 31.2 Å². The molecule has 1 spiro atoms. The quantitative estimate of drug-likeness (QED) is 0.851. The highest BCUT2D eigenvalue weighted by Gasteiger charge is 2.47. The van der Waals surface area contributed by atoms with Gasteiger partial charge in [-0.2, -0.15) is 0 Å². The number of benzene rings is 1. The van der Waals surface area contributed by atoms with E-state index in [2.05, 4.69) is 0 Å². The molecule has 1 aliphatic carbocycles. The lowest BCUT2D eigenvalue weighted by Crippen LogP contribution is -2.64. The Bertz CT molecular complexity index is 596. The second-order valence-corrected chi connectivity index (χ2v) is 6.84. The first-order valence-corrected chi connectivity index (χ1v) is 8.31. The van der Waals surface area contributed by atoms with Gasteiger partial charge in [0.05, 0.1) is 5.54 Å². The second-order valence-electron chi connectivity index (χ2n) is 6.40. The van der Waals surface area contributed by atoms with Gasteiger partial charge in [-0.15, -0.1) is 0 Å². The number of amides is 2. The average molecular weight is 337 g/mol. The van der Waals surface area contributed by atoms with E-state index in [1.54, 1.807) is 34.1 Å². The SMILES string of the molecule is CN1CC2(CCCC2)N(C(=O)COc2ccc(Cl)cc2)CC1=O. The van der Waals surface area contributed by atoms with Gasteiger partial charge in [0, 0.05) is 18.6 Å². The molecule has 0 radical (unpaired) electrons. The summed E-state index contributed by atoms with van der Waals surface area (Å²) in [7, 11) is 1.81. The molecule has 1 saturated carbocycles. The van der Waals surface area contributed by atoms with Gasteiger partial charge in [0.1, 0.15) is 12.3 Å². The first-order chi connectivity index (χ1) is 11.0. The van der Waals surface area contributed by atoms with Gasteiger partial charge in [-0.05, 0) is 37.1 Å². The Morgan fingerprint density at radius 3 is 2.57 bits per heavy atom. The van der Waals surface area contributed by atoms with E-state index in [1.807, 2.05) is 7.05 Å². The maximum absolute atomic E-state index is 12.7. The Labute approximate surface area is 141 Å². The van der Waals surface area contributed by atoms with E-state index in [0.717, 1.165) is 25.7 Å². The van der Waals surface area contributed by atoms with E-state index in [4.69, 9.17) is 16.3 Å². The molecule has 1 aliphatic heterocycles. The molecule has 23 heavy (non-hydrogen) atoms. The van der Waals surface area contributed by atoms with Crippen LogP contribution < -0.4 is 4.74 Å². The Morgan fingerprint density at radius 2 is 1.91 bits per heavy atom. The lowest BCUT2D eigenvalue weighted by atomic mass is 9.91. The minimum absolute atomic E-state index is 0.0117. The fraction of sp³-hybridized carbons (Fsp3) is 0.529. The summed E-state index contributed by atoms with van der Waals surface area (Å²) in [5, 5.41) is 0.623. The number of piperazine rings is 1. The molecule has 3 rings (SSSR count). The Kier molecular flexibility index (Phi) is 4.48. The van der Waals surface area contributed by atoms with Crippen LogP contribution in [0.1, 0.15) is 25.7 Å². The summed E-state index contributed by atoms with van der Waals surface area (Å²) in [6.45, 7) is 0.720. The van der Waals surface area contributed by atoms with E-state index in [0.29, 0.717) is 17.3 Å². The van der Waals surface area contributed by atoms with Crippen molar-refractivity contribution in [1.82, 2.24) is 9.80 Å². The standard InChI is InChI=1S/C17H21ClN2O3/c1-19-12-17(8-2-3-9-17)20(10-15(19)21)16(22)11-23-14-6-4-13(18)5-7-14/h4-7H,2-3,8-12H2,1H3. The number of hydrogen-bond donors (Lipinski definition) is 0. The van der Waals surface area contributed by atoms with Gasteiger partial charge in [0.15, 0.2) is 6.61 Å². The van der Waals surface area contributed by atoms with Gasteiger partial charge < -0.3 is 14.5 Å². The number of nitrogens with zero attached hydrogens (tertiary/aromatic N) is 2. The van der Waals surface area contributed by atoms with Crippen molar-refractivity contribution in [3.05, 3.63) is 29.3 Å². The normalized spacial score (nSPS) is 20.2. The zero-order chi connectivity index (χ0) is 16.4. The van der Waals surface area contributed by atoms with Crippen LogP contribution in [0.4, 0.5) is 0 Å². The predicted molar refractivity (Wildman–Crippen MR) is 87.5 cm³/mol. The maximum Gasteiger partial charge on any atom is 0.261 e. The average Bonchev–Trinajstić information content (AvgIpc) is 2.99. The molecule has 6 heteroatoms. The minimum atomic E-state index is -0.205. The molecule has 2 amide bonds. The third-order valence-corrected chi connectivity index (χ3v) is 5.09. The number of halogens is 1. The van der Waals surface area contributed by atoms with E-state index in [9.17, 15) is 9.59 Å². The fourth-order valence-electron chi connectivity index (χ4n) is 3.61. The van der Waals surface area contributed by atoms with Crippen LogP contribution in [-0.2, 0) is 9.59 Å². The summed E-state index contributed by atoms with van der Waals surface area (Å²) >= 11 is 5.83. The molecule has 1 aromatic carbocycles. The maximum atomic E-state index is 12.7. The van der Waals surface area contributed by atoms with E-state index in [1.165, 1.54) is 0 Å². The number of hydrogen-bond acceptors (Lipinski definition) is 3. The Balaban J connectivity index is 1.69. The number of carbonyl (C=O) groups excluding carboxylic acids is 2. The third-order valence-electron chi connectivity index (χ3n) is 4.83. The molecule has 0 bridgehead atoms. The molecule has 2 fully saturated rings. The third kappa shape index (κ3) is 3.29. The lowest BCUT2D eigenvalue weighted by molar-refractivity contribution is -0.155. The van der Waals surface area contributed by atoms with Crippen molar-refractivity contribution in [3.8, 4) is 5.75 Å². The van der Waals surface area contributed by atoms with Crippen LogP contribution in [0.3, 0.4) is 0 Å². The van der Waals surface area contributed by atoms with Crippen LogP contribution >= 0.6 is 11.6 Å². The van der Waals surface area contributed by atoms with Crippen LogP contribution in [0.2, 0.25) is 5.02 Å². The molecular formula is C17H21ClN2O3. The van der Waals surface area contributed by atoms with Crippen LogP contribution in [0.15, 0.2) is 24.3 Å². The molecule has 5 nitrogen and oxygen atoms in total. The summed E-state index contributed by atoms with van der Waals surface area (Å²) < 4.78 is 5.57. The smallest absolute Gasteiger partial charge is 0.261 e. The van der Waals surface area contributed by atoms with Gasteiger partial charge >= 0.3 is 0 Å². The highest BCUT2D eigenvalue weighted by Crippen LogP contribution is 2.38. The molecule has 0 N–H and O–H groups in total. The zero-order valence-electron chi connectivity index (χ0n) is 13.3. The Hall–Kier alpha value is -1.75.